The number of para-hydroxylation sites is 1. The number of carbonyl (C=O) groups excluding carboxylic acids is 2. The van der Waals surface area contributed by atoms with E-state index in [0.29, 0.717) is 5.92 Å². The molecule has 0 saturated carbocycles. The van der Waals surface area contributed by atoms with Crippen molar-refractivity contribution in [1.82, 2.24) is 0 Å². The number of benzene rings is 2. The molecule has 0 saturated heterocycles. The third-order valence-electron chi connectivity index (χ3n) is 4.51. The fraction of sp³-hybridized carbons (Fsp3) is 0.364. The number of amides is 1. The van der Waals surface area contributed by atoms with Crippen LogP contribution in [0.15, 0.2) is 48.5 Å². The Kier molecular flexibility index (Phi) is 6.96. The van der Waals surface area contributed by atoms with Crippen molar-refractivity contribution in [3.63, 3.8) is 0 Å². The minimum Gasteiger partial charge on any atom is -0.452 e. The van der Waals surface area contributed by atoms with Gasteiger partial charge in [-0.2, -0.15) is 0 Å². The Labute approximate surface area is 155 Å². The monoisotopic (exact) mass is 353 g/mol. The van der Waals surface area contributed by atoms with Gasteiger partial charge in [-0.15, -0.1) is 0 Å². The van der Waals surface area contributed by atoms with Gasteiger partial charge in [-0.1, -0.05) is 61.9 Å². The number of hydrogen-bond donors (Lipinski definition) is 1. The molecule has 1 N–H and O–H groups in total. The summed E-state index contributed by atoms with van der Waals surface area (Å²) in [4.78, 5) is 24.5. The maximum atomic E-state index is 12.4. The van der Waals surface area contributed by atoms with Gasteiger partial charge in [0.1, 0.15) is 0 Å². The van der Waals surface area contributed by atoms with Crippen molar-refractivity contribution < 1.29 is 14.3 Å². The van der Waals surface area contributed by atoms with E-state index in [-0.39, 0.29) is 12.3 Å². The number of esters is 1. The fourth-order valence-corrected chi connectivity index (χ4v) is 2.66. The van der Waals surface area contributed by atoms with Gasteiger partial charge >= 0.3 is 5.97 Å². The Morgan fingerprint density at radius 3 is 2.35 bits per heavy atom. The van der Waals surface area contributed by atoms with Crippen molar-refractivity contribution in [1.29, 1.82) is 0 Å². The smallest absolute Gasteiger partial charge is 0.311 e. The Morgan fingerprint density at radius 2 is 1.69 bits per heavy atom. The van der Waals surface area contributed by atoms with Gasteiger partial charge in [0.2, 0.25) is 0 Å². The topological polar surface area (TPSA) is 55.4 Å². The third kappa shape index (κ3) is 5.45. The lowest BCUT2D eigenvalue weighted by Crippen LogP contribution is -2.30. The Hall–Kier alpha value is -2.62. The predicted octanol–water partition coefficient (Wildman–Crippen LogP) is 4.62. The first-order valence-corrected chi connectivity index (χ1v) is 9.05. The van der Waals surface area contributed by atoms with Crippen LogP contribution in [0.4, 0.5) is 5.69 Å². The highest BCUT2D eigenvalue weighted by Crippen LogP contribution is 2.26. The van der Waals surface area contributed by atoms with Crippen molar-refractivity contribution in [2.24, 2.45) is 0 Å². The third-order valence-corrected chi connectivity index (χ3v) is 4.51. The van der Waals surface area contributed by atoms with Crippen molar-refractivity contribution in [2.75, 3.05) is 5.32 Å². The molecule has 1 amide bonds. The molecule has 26 heavy (non-hydrogen) atoms. The van der Waals surface area contributed by atoms with Crippen LogP contribution in [0.5, 0.6) is 0 Å². The lowest BCUT2D eigenvalue weighted by atomic mass is 9.97. The van der Waals surface area contributed by atoms with Crippen LogP contribution >= 0.6 is 0 Å². The van der Waals surface area contributed by atoms with E-state index in [9.17, 15) is 9.59 Å². The molecule has 0 bridgehead atoms. The summed E-state index contributed by atoms with van der Waals surface area (Å²) in [6.07, 6.45) is 0.285. The quantitative estimate of drug-likeness (QED) is 0.739. The van der Waals surface area contributed by atoms with Crippen LogP contribution in [0.3, 0.4) is 0 Å². The molecule has 4 heteroatoms. The molecule has 0 aliphatic rings. The van der Waals surface area contributed by atoms with Gasteiger partial charge in [0, 0.05) is 5.69 Å². The summed E-state index contributed by atoms with van der Waals surface area (Å²) in [6, 6.07) is 15.4. The minimum absolute atomic E-state index is 0.154. The average Bonchev–Trinajstić information content (AvgIpc) is 2.63. The minimum atomic E-state index is -0.849. The molecule has 2 rings (SSSR count). The van der Waals surface area contributed by atoms with Gasteiger partial charge in [0.05, 0.1) is 6.42 Å². The average molecular weight is 353 g/mol. The number of hydrogen-bond acceptors (Lipinski definition) is 3. The second-order valence-corrected chi connectivity index (χ2v) is 6.68. The van der Waals surface area contributed by atoms with Gasteiger partial charge in [-0.3, -0.25) is 9.59 Å². The molecule has 2 aromatic rings. The van der Waals surface area contributed by atoms with Gasteiger partial charge < -0.3 is 10.1 Å². The highest BCUT2D eigenvalue weighted by atomic mass is 16.5. The zero-order valence-corrected chi connectivity index (χ0v) is 15.9. The van der Waals surface area contributed by atoms with Crippen LogP contribution < -0.4 is 5.32 Å². The van der Waals surface area contributed by atoms with Gasteiger partial charge in [-0.25, -0.2) is 0 Å². The van der Waals surface area contributed by atoms with Crippen LogP contribution in [-0.4, -0.2) is 18.0 Å². The summed E-state index contributed by atoms with van der Waals surface area (Å²) in [5.74, 6) is -0.393. The fourth-order valence-electron chi connectivity index (χ4n) is 2.66. The molecule has 0 unspecified atom stereocenters. The summed E-state index contributed by atoms with van der Waals surface area (Å²) in [5, 5.41) is 2.89. The standard InChI is InChI=1S/C22H27NO3/c1-5-16(3)19-8-6-7-9-20(19)23-22(25)17(4)26-21(24)14-18-12-10-15(2)11-13-18/h6-13,16-17H,5,14H2,1-4H3,(H,23,25)/t16-,17-/m0/s1. The van der Waals surface area contributed by atoms with Crippen LogP contribution in [0.25, 0.3) is 0 Å². The number of rotatable bonds is 7. The normalized spacial score (nSPS) is 12.9. The molecule has 0 heterocycles. The van der Waals surface area contributed by atoms with Gasteiger partial charge in [0.15, 0.2) is 6.10 Å². The molecule has 138 valence electrons. The molecule has 0 fully saturated rings. The number of ether oxygens (including phenoxy) is 1. The second kappa shape index (κ2) is 9.18. The van der Waals surface area contributed by atoms with Crippen molar-refractivity contribution in [3.8, 4) is 0 Å². The SMILES string of the molecule is CC[C@H](C)c1ccccc1NC(=O)[C@H](C)OC(=O)Cc1ccc(C)cc1. The molecule has 0 aromatic heterocycles. The number of nitrogens with one attached hydrogen (secondary N) is 1. The summed E-state index contributed by atoms with van der Waals surface area (Å²) in [5.41, 5.74) is 3.86. The Balaban J connectivity index is 1.95. The number of aryl methyl sites for hydroxylation is 1. The maximum Gasteiger partial charge on any atom is 0.311 e. The van der Waals surface area contributed by atoms with Crippen LogP contribution in [0.2, 0.25) is 0 Å². The lowest BCUT2D eigenvalue weighted by molar-refractivity contribution is -0.152. The van der Waals surface area contributed by atoms with Crippen LogP contribution in [-0.2, 0) is 20.7 Å². The lowest BCUT2D eigenvalue weighted by Gasteiger charge is -2.18. The summed E-state index contributed by atoms with van der Waals surface area (Å²) < 4.78 is 5.29. The molecule has 0 radical (unpaired) electrons. The molecular formula is C22H27NO3. The highest BCUT2D eigenvalue weighted by molar-refractivity contribution is 5.95. The largest absolute Gasteiger partial charge is 0.452 e. The molecule has 2 atom stereocenters. The molecule has 2 aromatic carbocycles. The molecule has 0 aliphatic heterocycles. The van der Waals surface area contributed by atoms with E-state index in [1.165, 1.54) is 0 Å². The van der Waals surface area contributed by atoms with E-state index in [4.69, 9.17) is 4.74 Å². The van der Waals surface area contributed by atoms with Gasteiger partial charge in [-0.05, 0) is 43.4 Å². The van der Waals surface area contributed by atoms with E-state index >= 15 is 0 Å². The first-order chi connectivity index (χ1) is 12.4. The Morgan fingerprint density at radius 1 is 1.04 bits per heavy atom. The van der Waals surface area contributed by atoms with Gasteiger partial charge in [0.25, 0.3) is 5.91 Å². The first kappa shape index (κ1) is 19.7. The molecule has 4 nitrogen and oxygen atoms in total. The molecular weight excluding hydrogens is 326 g/mol. The van der Waals surface area contributed by atoms with E-state index in [1.807, 2.05) is 55.5 Å². The summed E-state index contributed by atoms with van der Waals surface area (Å²) in [7, 11) is 0. The van der Waals surface area contributed by atoms with Crippen molar-refractivity contribution in [2.45, 2.75) is 52.6 Å². The van der Waals surface area contributed by atoms with Crippen molar-refractivity contribution >= 4 is 17.6 Å². The highest BCUT2D eigenvalue weighted by Gasteiger charge is 2.19. The zero-order valence-electron chi connectivity index (χ0n) is 15.9. The van der Waals surface area contributed by atoms with Crippen LogP contribution in [0, 0.1) is 6.92 Å². The first-order valence-electron chi connectivity index (χ1n) is 9.05. The summed E-state index contributed by atoms with van der Waals surface area (Å²) >= 11 is 0. The molecule has 0 aliphatic carbocycles. The van der Waals surface area contributed by atoms with Crippen LogP contribution in [0.1, 0.15) is 49.8 Å². The molecule has 0 spiro atoms. The predicted molar refractivity (Wildman–Crippen MR) is 104 cm³/mol. The van der Waals surface area contributed by atoms with E-state index < -0.39 is 12.1 Å². The number of carbonyl (C=O) groups is 2. The zero-order chi connectivity index (χ0) is 19.1. The van der Waals surface area contributed by atoms with E-state index in [2.05, 4.69) is 19.2 Å². The van der Waals surface area contributed by atoms with E-state index in [1.54, 1.807) is 6.92 Å². The van der Waals surface area contributed by atoms with Crippen molar-refractivity contribution in [3.05, 3.63) is 65.2 Å². The number of anilines is 1. The van der Waals surface area contributed by atoms with E-state index in [0.717, 1.165) is 28.8 Å². The Bertz CT molecular complexity index is 752. The maximum absolute atomic E-state index is 12.4. The second-order valence-electron chi connectivity index (χ2n) is 6.68. The summed E-state index contributed by atoms with van der Waals surface area (Å²) in [6.45, 7) is 7.81.